The van der Waals surface area contributed by atoms with Gasteiger partial charge in [0.05, 0.1) is 13.2 Å². The molecular formula is C15H24N2O2. The molecule has 0 spiro atoms. The van der Waals surface area contributed by atoms with Crippen LogP contribution in [-0.2, 0) is 17.8 Å². The van der Waals surface area contributed by atoms with E-state index < -0.39 is 0 Å². The number of rotatable bonds is 6. The zero-order valence-electron chi connectivity index (χ0n) is 11.9. The zero-order chi connectivity index (χ0) is 13.2. The SMILES string of the molecule is Cc1oc(CN(C)C2CCOC2)cc1CNC1CC1. The lowest BCUT2D eigenvalue weighted by molar-refractivity contribution is 0.152. The summed E-state index contributed by atoms with van der Waals surface area (Å²) in [4.78, 5) is 2.34. The van der Waals surface area contributed by atoms with E-state index in [0.717, 1.165) is 50.3 Å². The van der Waals surface area contributed by atoms with E-state index in [1.165, 1.54) is 18.4 Å². The Morgan fingerprint density at radius 1 is 1.37 bits per heavy atom. The van der Waals surface area contributed by atoms with E-state index in [0.29, 0.717) is 6.04 Å². The van der Waals surface area contributed by atoms with E-state index in [4.69, 9.17) is 9.15 Å². The second-order valence-corrected chi connectivity index (χ2v) is 5.88. The molecule has 0 amide bonds. The summed E-state index contributed by atoms with van der Waals surface area (Å²) in [5.74, 6) is 2.12. The molecule has 1 saturated heterocycles. The molecule has 0 aromatic carbocycles. The molecule has 1 atom stereocenters. The third-order valence-electron chi connectivity index (χ3n) is 4.16. The summed E-state index contributed by atoms with van der Waals surface area (Å²) in [6.07, 6.45) is 3.79. The van der Waals surface area contributed by atoms with Gasteiger partial charge >= 0.3 is 0 Å². The molecular weight excluding hydrogens is 240 g/mol. The Hall–Kier alpha value is -0.840. The average Bonchev–Trinajstić information content (AvgIpc) is 2.91. The molecule has 1 N–H and O–H groups in total. The Morgan fingerprint density at radius 3 is 2.89 bits per heavy atom. The largest absolute Gasteiger partial charge is 0.465 e. The van der Waals surface area contributed by atoms with Gasteiger partial charge in [0.25, 0.3) is 0 Å². The summed E-state index contributed by atoms with van der Waals surface area (Å²) in [6, 6.07) is 3.49. The van der Waals surface area contributed by atoms with Crippen LogP contribution < -0.4 is 5.32 Å². The third-order valence-corrected chi connectivity index (χ3v) is 4.16. The average molecular weight is 264 g/mol. The van der Waals surface area contributed by atoms with E-state index in [9.17, 15) is 0 Å². The van der Waals surface area contributed by atoms with Gasteiger partial charge < -0.3 is 14.5 Å². The van der Waals surface area contributed by atoms with Crippen LogP contribution in [0.5, 0.6) is 0 Å². The molecule has 1 unspecified atom stereocenters. The second-order valence-electron chi connectivity index (χ2n) is 5.88. The monoisotopic (exact) mass is 264 g/mol. The Morgan fingerprint density at radius 2 is 2.21 bits per heavy atom. The van der Waals surface area contributed by atoms with E-state index in [1.54, 1.807) is 0 Å². The molecule has 2 aliphatic rings. The lowest BCUT2D eigenvalue weighted by Gasteiger charge is -2.21. The van der Waals surface area contributed by atoms with E-state index in [2.05, 4.69) is 30.3 Å². The summed E-state index contributed by atoms with van der Waals surface area (Å²) in [5, 5.41) is 3.54. The quantitative estimate of drug-likeness (QED) is 0.853. The topological polar surface area (TPSA) is 37.6 Å². The van der Waals surface area contributed by atoms with Gasteiger partial charge in [-0.1, -0.05) is 0 Å². The summed E-state index contributed by atoms with van der Waals surface area (Å²) >= 11 is 0. The van der Waals surface area contributed by atoms with Gasteiger partial charge in [-0.15, -0.1) is 0 Å². The third kappa shape index (κ3) is 3.38. The molecule has 1 aliphatic carbocycles. The maximum absolute atomic E-state index is 5.88. The first kappa shape index (κ1) is 13.2. The summed E-state index contributed by atoms with van der Waals surface area (Å²) in [6.45, 7) is 5.62. The molecule has 106 valence electrons. The van der Waals surface area contributed by atoms with Crippen molar-refractivity contribution in [3.8, 4) is 0 Å². The number of hydrogen-bond acceptors (Lipinski definition) is 4. The van der Waals surface area contributed by atoms with Gasteiger partial charge in [0.15, 0.2) is 0 Å². The highest BCUT2D eigenvalue weighted by Crippen LogP contribution is 2.22. The minimum atomic E-state index is 0.540. The van der Waals surface area contributed by atoms with Crippen LogP contribution in [0.1, 0.15) is 36.3 Å². The molecule has 3 rings (SSSR count). The van der Waals surface area contributed by atoms with Crippen LogP contribution >= 0.6 is 0 Å². The number of nitrogens with zero attached hydrogens (tertiary/aromatic N) is 1. The van der Waals surface area contributed by atoms with E-state index in [-0.39, 0.29) is 0 Å². The maximum Gasteiger partial charge on any atom is 0.118 e. The highest BCUT2D eigenvalue weighted by atomic mass is 16.5. The van der Waals surface area contributed by atoms with Crippen molar-refractivity contribution in [1.82, 2.24) is 10.2 Å². The van der Waals surface area contributed by atoms with Crippen LogP contribution in [0.3, 0.4) is 0 Å². The van der Waals surface area contributed by atoms with Gasteiger partial charge in [0, 0.05) is 30.8 Å². The Bertz CT molecular complexity index is 420. The summed E-state index contributed by atoms with van der Waals surface area (Å²) in [7, 11) is 2.15. The maximum atomic E-state index is 5.88. The number of aryl methyl sites for hydroxylation is 1. The summed E-state index contributed by atoms with van der Waals surface area (Å²) < 4.78 is 11.3. The molecule has 2 heterocycles. The molecule has 1 aliphatic heterocycles. The fourth-order valence-electron chi connectivity index (χ4n) is 2.63. The molecule has 4 heteroatoms. The predicted octanol–water partition coefficient (Wildman–Crippen LogP) is 2.06. The van der Waals surface area contributed by atoms with Gasteiger partial charge in [-0.25, -0.2) is 0 Å². The standard InChI is InChI=1S/C15H24N2O2/c1-11-12(8-16-13-3-4-13)7-15(19-11)9-17(2)14-5-6-18-10-14/h7,13-14,16H,3-6,8-10H2,1-2H3. The van der Waals surface area contributed by atoms with Gasteiger partial charge in [0.2, 0.25) is 0 Å². The predicted molar refractivity (Wildman–Crippen MR) is 74.0 cm³/mol. The number of furan rings is 1. The van der Waals surface area contributed by atoms with Crippen molar-refractivity contribution in [1.29, 1.82) is 0 Å². The zero-order valence-corrected chi connectivity index (χ0v) is 11.9. The van der Waals surface area contributed by atoms with Crippen molar-refractivity contribution in [2.75, 3.05) is 20.3 Å². The smallest absolute Gasteiger partial charge is 0.118 e. The molecule has 0 radical (unpaired) electrons. The van der Waals surface area contributed by atoms with Gasteiger partial charge in [-0.3, -0.25) is 4.90 Å². The molecule has 4 nitrogen and oxygen atoms in total. The van der Waals surface area contributed by atoms with Crippen molar-refractivity contribution in [3.63, 3.8) is 0 Å². The van der Waals surface area contributed by atoms with Crippen molar-refractivity contribution in [2.45, 2.75) is 51.4 Å². The molecule has 1 saturated carbocycles. The molecule has 2 fully saturated rings. The fourth-order valence-corrected chi connectivity index (χ4v) is 2.63. The van der Waals surface area contributed by atoms with Crippen LogP contribution in [0.2, 0.25) is 0 Å². The van der Waals surface area contributed by atoms with Crippen molar-refractivity contribution >= 4 is 0 Å². The normalized spacial score (nSPS) is 23.4. The van der Waals surface area contributed by atoms with Gasteiger partial charge in [-0.2, -0.15) is 0 Å². The molecule has 1 aromatic rings. The lowest BCUT2D eigenvalue weighted by Crippen LogP contribution is -2.31. The van der Waals surface area contributed by atoms with Crippen LogP contribution in [0.4, 0.5) is 0 Å². The molecule has 1 aromatic heterocycles. The van der Waals surface area contributed by atoms with E-state index >= 15 is 0 Å². The van der Waals surface area contributed by atoms with Crippen LogP contribution in [0.25, 0.3) is 0 Å². The first-order valence-corrected chi connectivity index (χ1v) is 7.32. The summed E-state index contributed by atoms with van der Waals surface area (Å²) in [5.41, 5.74) is 1.30. The Labute approximate surface area is 115 Å². The van der Waals surface area contributed by atoms with Gasteiger partial charge in [0.1, 0.15) is 11.5 Å². The molecule has 0 bridgehead atoms. The highest BCUT2D eigenvalue weighted by Gasteiger charge is 2.23. The first-order valence-electron chi connectivity index (χ1n) is 7.32. The second kappa shape index (κ2) is 5.65. The lowest BCUT2D eigenvalue weighted by atomic mass is 10.2. The highest BCUT2D eigenvalue weighted by molar-refractivity contribution is 5.21. The fraction of sp³-hybridized carbons (Fsp3) is 0.733. The van der Waals surface area contributed by atoms with Crippen molar-refractivity contribution in [2.24, 2.45) is 0 Å². The van der Waals surface area contributed by atoms with Crippen molar-refractivity contribution < 1.29 is 9.15 Å². The Kier molecular flexibility index (Phi) is 3.91. The van der Waals surface area contributed by atoms with Crippen LogP contribution in [-0.4, -0.2) is 37.2 Å². The minimum Gasteiger partial charge on any atom is -0.465 e. The number of ether oxygens (including phenoxy) is 1. The first-order chi connectivity index (χ1) is 9.22. The van der Waals surface area contributed by atoms with Crippen LogP contribution in [0, 0.1) is 6.92 Å². The van der Waals surface area contributed by atoms with Crippen LogP contribution in [0.15, 0.2) is 10.5 Å². The molecule has 19 heavy (non-hydrogen) atoms. The van der Waals surface area contributed by atoms with Crippen molar-refractivity contribution in [3.05, 3.63) is 23.2 Å². The number of likely N-dealkylation sites (N-methyl/N-ethyl adjacent to an activating group) is 1. The number of nitrogens with one attached hydrogen (secondary N) is 1. The minimum absolute atomic E-state index is 0.540. The Balaban J connectivity index is 1.55. The van der Waals surface area contributed by atoms with Gasteiger partial charge in [-0.05, 0) is 39.3 Å². The number of hydrogen-bond donors (Lipinski definition) is 1. The van der Waals surface area contributed by atoms with E-state index in [1.807, 2.05) is 0 Å².